The lowest BCUT2D eigenvalue weighted by Crippen LogP contribution is -2.32. The number of hydrogen-bond acceptors (Lipinski definition) is 6. The van der Waals surface area contributed by atoms with E-state index in [1.807, 2.05) is 111 Å². The number of benzene rings is 5. The zero-order valence-electron chi connectivity index (χ0n) is 30.2. The number of nitrogens with zero attached hydrogens (tertiary/aromatic N) is 2. The molecule has 270 valence electrons. The Balaban J connectivity index is 0.967. The first-order valence-electron chi connectivity index (χ1n) is 18.8. The Kier molecular flexibility index (Phi) is 11.3. The highest BCUT2D eigenvalue weighted by Crippen LogP contribution is 2.28. The molecule has 0 radical (unpaired) electrons. The Morgan fingerprint density at radius 3 is 1.33 bits per heavy atom. The van der Waals surface area contributed by atoms with Crippen LogP contribution in [-0.2, 0) is 9.47 Å². The molecule has 2 fully saturated rings. The van der Waals surface area contributed by atoms with E-state index in [1.54, 1.807) is 9.80 Å². The minimum atomic E-state index is -0.0751. The van der Waals surface area contributed by atoms with Crippen LogP contribution in [0.2, 0.25) is 0 Å². The summed E-state index contributed by atoms with van der Waals surface area (Å²) in [5, 5.41) is 4.04. The van der Waals surface area contributed by atoms with Crippen molar-refractivity contribution in [1.29, 1.82) is 0 Å². The largest absolute Gasteiger partial charge is 0.494 e. The molecule has 2 unspecified atom stereocenters. The van der Waals surface area contributed by atoms with E-state index in [1.165, 1.54) is 0 Å². The fraction of sp³-hybridized carbons (Fsp3) is 0.364. The number of ether oxygens (including phenoxy) is 4. The van der Waals surface area contributed by atoms with Crippen LogP contribution in [-0.4, -0.2) is 63.5 Å². The number of amides is 2. The number of hydrogen-bond donors (Lipinski definition) is 0. The summed E-state index contributed by atoms with van der Waals surface area (Å²) in [4.78, 5) is 31.0. The average molecular weight is 701 g/mol. The van der Waals surface area contributed by atoms with Crippen molar-refractivity contribution in [3.63, 3.8) is 0 Å². The Morgan fingerprint density at radius 1 is 0.558 bits per heavy atom. The van der Waals surface area contributed by atoms with Crippen LogP contribution >= 0.6 is 0 Å². The minimum absolute atomic E-state index is 0.0751. The van der Waals surface area contributed by atoms with Crippen molar-refractivity contribution in [2.24, 2.45) is 0 Å². The third kappa shape index (κ3) is 8.92. The van der Waals surface area contributed by atoms with Crippen LogP contribution in [0.3, 0.4) is 0 Å². The second kappa shape index (κ2) is 16.6. The summed E-state index contributed by atoms with van der Waals surface area (Å²) < 4.78 is 22.5. The van der Waals surface area contributed by atoms with Gasteiger partial charge in [-0.25, -0.2) is 0 Å². The van der Waals surface area contributed by atoms with Gasteiger partial charge in [-0.3, -0.25) is 9.59 Å². The highest BCUT2D eigenvalue weighted by molar-refractivity contribution is 6.09. The van der Waals surface area contributed by atoms with Crippen LogP contribution in [0.5, 0.6) is 11.5 Å². The molecule has 0 aromatic heterocycles. The Bertz CT molecular complexity index is 1860. The molecule has 2 atom stereocenters. The standard InChI is InChI=1S/C44H48N2O6/c1-3-45(43(47)35-13-11-33-27-39(21-15-31(33)25-35)49-23-7-5-9-41-29-51-41)37-17-19-38(20-18-37)46(4-2)44(48)36-14-12-34-28-40(22-16-32(34)26-36)50-24-8-6-10-42-30-52-42/h11-22,25-28,41-42H,3-10,23-24,29-30H2,1-2H3. The van der Waals surface area contributed by atoms with Crippen molar-refractivity contribution in [2.75, 3.05) is 49.3 Å². The number of carbonyl (C=O) groups excluding carboxylic acids is 2. The molecule has 7 rings (SSSR count). The smallest absolute Gasteiger partial charge is 0.258 e. The Morgan fingerprint density at radius 2 is 0.942 bits per heavy atom. The molecule has 0 bridgehead atoms. The average Bonchev–Trinajstić information content (AvgIpc) is 4.12. The first-order valence-corrected chi connectivity index (χ1v) is 18.8. The van der Waals surface area contributed by atoms with E-state index in [-0.39, 0.29) is 11.8 Å². The second-order valence-electron chi connectivity index (χ2n) is 13.7. The Hall–Kier alpha value is -4.92. The van der Waals surface area contributed by atoms with Gasteiger partial charge in [0.15, 0.2) is 0 Å². The maximum absolute atomic E-state index is 13.8. The van der Waals surface area contributed by atoms with Gasteiger partial charge in [0.05, 0.1) is 38.6 Å². The molecule has 2 aliphatic rings. The summed E-state index contributed by atoms with van der Waals surface area (Å²) in [7, 11) is 0. The number of carbonyl (C=O) groups is 2. The SMILES string of the molecule is CCN(C(=O)c1ccc2cc(OCCCCC3CO3)ccc2c1)c1ccc(N(CC)C(=O)c2ccc3cc(OCCCCC4CO4)ccc3c2)cc1. The molecular weight excluding hydrogens is 652 g/mol. The Labute approximate surface area is 306 Å². The van der Waals surface area contributed by atoms with Crippen molar-refractivity contribution in [1.82, 2.24) is 0 Å². The zero-order chi connectivity index (χ0) is 35.9. The van der Waals surface area contributed by atoms with Crippen molar-refractivity contribution in [2.45, 2.75) is 64.6 Å². The summed E-state index contributed by atoms with van der Waals surface area (Å²) in [5.74, 6) is 1.53. The quantitative estimate of drug-likeness (QED) is 0.0670. The lowest BCUT2D eigenvalue weighted by molar-refractivity contribution is 0.0980. The summed E-state index contributed by atoms with van der Waals surface area (Å²) in [6.07, 6.45) is 7.37. The lowest BCUT2D eigenvalue weighted by Gasteiger charge is -2.24. The van der Waals surface area contributed by atoms with Gasteiger partial charge in [-0.2, -0.15) is 0 Å². The maximum Gasteiger partial charge on any atom is 0.258 e. The van der Waals surface area contributed by atoms with E-state index < -0.39 is 0 Å². The third-order valence-electron chi connectivity index (χ3n) is 9.90. The highest BCUT2D eigenvalue weighted by Gasteiger charge is 2.22. The second-order valence-corrected chi connectivity index (χ2v) is 13.7. The fourth-order valence-corrected chi connectivity index (χ4v) is 6.70. The molecule has 5 aromatic carbocycles. The summed E-state index contributed by atoms with van der Waals surface area (Å²) >= 11 is 0. The van der Waals surface area contributed by atoms with E-state index in [4.69, 9.17) is 18.9 Å². The molecule has 2 heterocycles. The molecule has 0 N–H and O–H groups in total. The van der Waals surface area contributed by atoms with Crippen molar-refractivity contribution < 1.29 is 28.5 Å². The minimum Gasteiger partial charge on any atom is -0.494 e. The number of rotatable bonds is 18. The van der Waals surface area contributed by atoms with Gasteiger partial charge >= 0.3 is 0 Å². The van der Waals surface area contributed by atoms with Gasteiger partial charge in [0.2, 0.25) is 0 Å². The number of anilines is 2. The zero-order valence-corrected chi connectivity index (χ0v) is 30.2. The van der Waals surface area contributed by atoms with Crippen LogP contribution in [0.25, 0.3) is 21.5 Å². The van der Waals surface area contributed by atoms with Crippen LogP contribution in [0.4, 0.5) is 11.4 Å². The van der Waals surface area contributed by atoms with E-state index >= 15 is 0 Å². The first kappa shape index (κ1) is 35.5. The molecule has 8 nitrogen and oxygen atoms in total. The number of unbranched alkanes of at least 4 members (excludes halogenated alkanes) is 2. The molecular formula is C44H48N2O6. The highest BCUT2D eigenvalue weighted by atomic mass is 16.6. The molecule has 2 aliphatic heterocycles. The van der Waals surface area contributed by atoms with E-state index in [2.05, 4.69) is 0 Å². The van der Waals surface area contributed by atoms with Crippen molar-refractivity contribution in [3.8, 4) is 11.5 Å². The van der Waals surface area contributed by atoms with Crippen LogP contribution in [0.1, 0.15) is 73.1 Å². The predicted molar refractivity (Wildman–Crippen MR) is 207 cm³/mol. The molecule has 0 aliphatic carbocycles. The molecule has 5 aromatic rings. The van der Waals surface area contributed by atoms with E-state index in [9.17, 15) is 9.59 Å². The number of epoxide rings is 2. The van der Waals surface area contributed by atoms with Crippen LogP contribution < -0.4 is 19.3 Å². The predicted octanol–water partition coefficient (Wildman–Crippen LogP) is 9.22. The summed E-state index contributed by atoms with van der Waals surface area (Å²) in [6, 6.07) is 31.3. The first-order chi connectivity index (χ1) is 25.5. The summed E-state index contributed by atoms with van der Waals surface area (Å²) in [6.45, 7) is 8.12. The van der Waals surface area contributed by atoms with Crippen LogP contribution in [0, 0.1) is 0 Å². The molecule has 52 heavy (non-hydrogen) atoms. The monoisotopic (exact) mass is 700 g/mol. The van der Waals surface area contributed by atoms with Gasteiger partial charge in [0, 0.05) is 35.6 Å². The van der Waals surface area contributed by atoms with Gasteiger partial charge in [-0.1, -0.05) is 24.3 Å². The topological polar surface area (TPSA) is 84.1 Å². The van der Waals surface area contributed by atoms with Gasteiger partial charge in [0.25, 0.3) is 11.8 Å². The van der Waals surface area contributed by atoms with Crippen molar-refractivity contribution >= 4 is 44.7 Å². The van der Waals surface area contributed by atoms with Crippen LogP contribution in [0.15, 0.2) is 97.1 Å². The van der Waals surface area contributed by atoms with Gasteiger partial charge in [-0.15, -0.1) is 0 Å². The van der Waals surface area contributed by atoms with E-state index in [0.29, 0.717) is 49.6 Å². The van der Waals surface area contributed by atoms with Crippen molar-refractivity contribution in [3.05, 3.63) is 108 Å². The molecule has 8 heteroatoms. The normalized spacial score (nSPS) is 16.1. The molecule has 2 saturated heterocycles. The lowest BCUT2D eigenvalue weighted by atomic mass is 10.0. The third-order valence-corrected chi connectivity index (χ3v) is 9.90. The van der Waals surface area contributed by atoms with E-state index in [0.717, 1.165) is 96.2 Å². The van der Waals surface area contributed by atoms with Gasteiger partial charge in [-0.05, 0) is 147 Å². The maximum atomic E-state index is 13.8. The fourth-order valence-electron chi connectivity index (χ4n) is 6.70. The number of fused-ring (bicyclic) bond motifs is 2. The molecule has 2 amide bonds. The molecule has 0 saturated carbocycles. The summed E-state index contributed by atoms with van der Waals surface area (Å²) in [5.41, 5.74) is 2.79. The van der Waals surface area contributed by atoms with Gasteiger partial charge < -0.3 is 28.7 Å². The van der Waals surface area contributed by atoms with Gasteiger partial charge in [0.1, 0.15) is 11.5 Å². The molecule has 0 spiro atoms.